The first kappa shape index (κ1) is 14.9. The predicted molar refractivity (Wildman–Crippen MR) is 72.1 cm³/mol. The van der Waals surface area contributed by atoms with Crippen LogP contribution in [0.3, 0.4) is 0 Å². The minimum absolute atomic E-state index is 0.0315. The lowest BCUT2D eigenvalue weighted by Crippen LogP contribution is -2.34. The summed E-state index contributed by atoms with van der Waals surface area (Å²) in [6, 6.07) is 3.23. The van der Waals surface area contributed by atoms with E-state index in [0.717, 1.165) is 0 Å². The lowest BCUT2D eigenvalue weighted by molar-refractivity contribution is -0.123. The van der Waals surface area contributed by atoms with Gasteiger partial charge in [-0.2, -0.15) is 0 Å². The molecule has 1 aromatic heterocycles. The van der Waals surface area contributed by atoms with Gasteiger partial charge in [0.05, 0.1) is 18.6 Å². The molecule has 19 heavy (non-hydrogen) atoms. The average Bonchev–Trinajstić information content (AvgIpc) is 2.45. The lowest BCUT2D eigenvalue weighted by atomic mass is 10.1. The van der Waals surface area contributed by atoms with Gasteiger partial charge < -0.3 is 15.0 Å². The quantitative estimate of drug-likeness (QED) is 0.793. The Hall–Kier alpha value is -2.11. The highest BCUT2D eigenvalue weighted by Crippen LogP contribution is 2.13. The van der Waals surface area contributed by atoms with Crippen LogP contribution in [0.5, 0.6) is 0 Å². The van der Waals surface area contributed by atoms with Gasteiger partial charge >= 0.3 is 5.97 Å². The Kier molecular flexibility index (Phi) is 5.29. The van der Waals surface area contributed by atoms with E-state index in [1.807, 2.05) is 18.9 Å². The monoisotopic (exact) mass is 265 g/mol. The van der Waals surface area contributed by atoms with Gasteiger partial charge in [-0.25, -0.2) is 9.78 Å². The van der Waals surface area contributed by atoms with Crippen LogP contribution in [0.1, 0.15) is 17.3 Å². The first-order chi connectivity index (χ1) is 8.99. The molecule has 104 valence electrons. The maximum atomic E-state index is 11.5. The highest BCUT2D eigenvalue weighted by Gasteiger charge is 2.15. The van der Waals surface area contributed by atoms with E-state index in [-0.39, 0.29) is 11.8 Å². The van der Waals surface area contributed by atoms with Gasteiger partial charge in [0.2, 0.25) is 5.91 Å². The number of pyridine rings is 1. The molecule has 0 saturated carbocycles. The minimum atomic E-state index is -0.406. The van der Waals surface area contributed by atoms with Gasteiger partial charge in [0.1, 0.15) is 5.82 Å². The number of methoxy groups -OCH3 is 1. The SMILES string of the molecule is CNC(=O)C(C)CN(C)c1cc(C(=O)OC)ccn1. The number of ether oxygens (including phenoxy) is 1. The highest BCUT2D eigenvalue weighted by atomic mass is 16.5. The van der Waals surface area contributed by atoms with Crippen molar-refractivity contribution in [2.45, 2.75) is 6.92 Å². The average molecular weight is 265 g/mol. The van der Waals surface area contributed by atoms with E-state index in [0.29, 0.717) is 17.9 Å². The summed E-state index contributed by atoms with van der Waals surface area (Å²) in [5.41, 5.74) is 0.437. The number of amides is 1. The van der Waals surface area contributed by atoms with E-state index in [9.17, 15) is 9.59 Å². The van der Waals surface area contributed by atoms with Crippen LogP contribution in [0.15, 0.2) is 18.3 Å². The van der Waals surface area contributed by atoms with Crippen LogP contribution < -0.4 is 10.2 Å². The Morgan fingerprint density at radius 1 is 1.53 bits per heavy atom. The third-order valence-electron chi connectivity index (χ3n) is 2.80. The Balaban J connectivity index is 2.79. The molecule has 1 atom stereocenters. The van der Waals surface area contributed by atoms with E-state index in [1.54, 1.807) is 25.4 Å². The summed E-state index contributed by atoms with van der Waals surface area (Å²) in [6.07, 6.45) is 1.54. The standard InChI is InChI=1S/C13H19N3O3/c1-9(12(17)14-2)8-16(3)11-7-10(5-6-15-11)13(18)19-4/h5-7,9H,8H2,1-4H3,(H,14,17). The summed E-state index contributed by atoms with van der Waals surface area (Å²) in [7, 11) is 4.76. The number of carbonyl (C=O) groups is 2. The fourth-order valence-electron chi connectivity index (χ4n) is 1.71. The number of anilines is 1. The fraction of sp³-hybridized carbons (Fsp3) is 0.462. The van der Waals surface area contributed by atoms with Gasteiger partial charge in [0.25, 0.3) is 0 Å². The van der Waals surface area contributed by atoms with E-state index >= 15 is 0 Å². The van der Waals surface area contributed by atoms with Crippen LogP contribution in [-0.4, -0.2) is 44.6 Å². The second kappa shape index (κ2) is 6.72. The maximum Gasteiger partial charge on any atom is 0.338 e. The van der Waals surface area contributed by atoms with Gasteiger partial charge in [-0.15, -0.1) is 0 Å². The lowest BCUT2D eigenvalue weighted by Gasteiger charge is -2.21. The van der Waals surface area contributed by atoms with Gasteiger partial charge in [0.15, 0.2) is 0 Å². The Morgan fingerprint density at radius 2 is 2.21 bits per heavy atom. The smallest absolute Gasteiger partial charge is 0.338 e. The molecule has 0 fully saturated rings. The first-order valence-corrected chi connectivity index (χ1v) is 5.96. The van der Waals surface area contributed by atoms with Crippen molar-refractivity contribution < 1.29 is 14.3 Å². The molecule has 1 rings (SSSR count). The van der Waals surface area contributed by atoms with Crippen LogP contribution in [0, 0.1) is 5.92 Å². The molecule has 0 aliphatic carbocycles. The largest absolute Gasteiger partial charge is 0.465 e. The molecular weight excluding hydrogens is 246 g/mol. The first-order valence-electron chi connectivity index (χ1n) is 5.96. The highest BCUT2D eigenvalue weighted by molar-refractivity contribution is 5.90. The molecular formula is C13H19N3O3. The van der Waals surface area contributed by atoms with Crippen molar-refractivity contribution in [3.05, 3.63) is 23.9 Å². The molecule has 0 spiro atoms. The number of rotatable bonds is 5. The van der Waals surface area contributed by atoms with Crippen LogP contribution >= 0.6 is 0 Å². The predicted octanol–water partition coefficient (Wildman–Crippen LogP) is 0.686. The van der Waals surface area contributed by atoms with Gasteiger partial charge in [-0.1, -0.05) is 6.92 Å². The molecule has 1 amide bonds. The maximum absolute atomic E-state index is 11.5. The molecule has 0 radical (unpaired) electrons. The van der Waals surface area contributed by atoms with Crippen molar-refractivity contribution in [3.8, 4) is 0 Å². The Labute approximate surface area is 112 Å². The van der Waals surface area contributed by atoms with E-state index in [2.05, 4.69) is 15.0 Å². The summed E-state index contributed by atoms with van der Waals surface area (Å²) in [4.78, 5) is 28.9. The fourth-order valence-corrected chi connectivity index (χ4v) is 1.71. The van der Waals surface area contributed by atoms with Crippen molar-refractivity contribution in [1.82, 2.24) is 10.3 Å². The molecule has 0 aliphatic heterocycles. The summed E-state index contributed by atoms with van der Waals surface area (Å²) in [5.74, 6) is 0.0182. The van der Waals surface area contributed by atoms with E-state index in [1.165, 1.54) is 7.11 Å². The van der Waals surface area contributed by atoms with Crippen molar-refractivity contribution in [3.63, 3.8) is 0 Å². The number of hydrogen-bond acceptors (Lipinski definition) is 5. The zero-order valence-electron chi connectivity index (χ0n) is 11.6. The summed E-state index contributed by atoms with van der Waals surface area (Å²) < 4.78 is 4.66. The van der Waals surface area contributed by atoms with Crippen molar-refractivity contribution >= 4 is 17.7 Å². The van der Waals surface area contributed by atoms with Crippen molar-refractivity contribution in [1.29, 1.82) is 0 Å². The second-order valence-electron chi connectivity index (χ2n) is 4.29. The zero-order valence-corrected chi connectivity index (χ0v) is 11.6. The van der Waals surface area contributed by atoms with Crippen LogP contribution in [0.25, 0.3) is 0 Å². The molecule has 6 heteroatoms. The van der Waals surface area contributed by atoms with Crippen molar-refractivity contribution in [2.75, 3.05) is 32.6 Å². The van der Waals surface area contributed by atoms with E-state index in [4.69, 9.17) is 0 Å². The molecule has 6 nitrogen and oxygen atoms in total. The number of nitrogens with zero attached hydrogens (tertiary/aromatic N) is 2. The van der Waals surface area contributed by atoms with Crippen LogP contribution in [-0.2, 0) is 9.53 Å². The van der Waals surface area contributed by atoms with E-state index < -0.39 is 5.97 Å². The zero-order chi connectivity index (χ0) is 14.4. The molecule has 1 aromatic rings. The molecule has 0 aromatic carbocycles. The number of carbonyl (C=O) groups excluding carboxylic acids is 2. The second-order valence-corrected chi connectivity index (χ2v) is 4.29. The number of esters is 1. The number of hydrogen-bond donors (Lipinski definition) is 1. The third-order valence-corrected chi connectivity index (χ3v) is 2.80. The van der Waals surface area contributed by atoms with Crippen LogP contribution in [0.2, 0.25) is 0 Å². The molecule has 1 N–H and O–H groups in total. The summed E-state index contributed by atoms with van der Waals surface area (Å²) in [5, 5.41) is 2.60. The molecule has 1 unspecified atom stereocenters. The molecule has 0 bridgehead atoms. The molecule has 0 saturated heterocycles. The third kappa shape index (κ3) is 3.94. The Morgan fingerprint density at radius 3 is 2.79 bits per heavy atom. The number of aromatic nitrogens is 1. The topological polar surface area (TPSA) is 71.5 Å². The normalized spacial score (nSPS) is 11.6. The molecule has 1 heterocycles. The van der Waals surface area contributed by atoms with Crippen molar-refractivity contribution in [2.24, 2.45) is 5.92 Å². The van der Waals surface area contributed by atoms with Gasteiger partial charge in [-0.3, -0.25) is 4.79 Å². The summed E-state index contributed by atoms with van der Waals surface area (Å²) >= 11 is 0. The minimum Gasteiger partial charge on any atom is -0.465 e. The van der Waals surface area contributed by atoms with Gasteiger partial charge in [0, 0.05) is 26.8 Å². The molecule has 0 aliphatic rings. The van der Waals surface area contributed by atoms with Crippen LogP contribution in [0.4, 0.5) is 5.82 Å². The number of nitrogens with one attached hydrogen (secondary N) is 1. The summed E-state index contributed by atoms with van der Waals surface area (Å²) in [6.45, 7) is 2.34. The Bertz CT molecular complexity index is 462. The van der Waals surface area contributed by atoms with Gasteiger partial charge in [-0.05, 0) is 12.1 Å².